The van der Waals surface area contributed by atoms with Crippen LogP contribution in [0.25, 0.3) is 5.65 Å². The molecule has 0 saturated heterocycles. The van der Waals surface area contributed by atoms with Crippen molar-refractivity contribution in [3.8, 4) is 0 Å². The van der Waals surface area contributed by atoms with Gasteiger partial charge >= 0.3 is 0 Å². The molecule has 2 aromatic carbocycles. The minimum absolute atomic E-state index is 0.0179. The Balaban J connectivity index is 1.32. The molecule has 5 rings (SSSR count). The van der Waals surface area contributed by atoms with Crippen molar-refractivity contribution in [2.75, 3.05) is 0 Å². The number of hydrogen-bond acceptors (Lipinski definition) is 6. The van der Waals surface area contributed by atoms with Gasteiger partial charge < -0.3 is 4.42 Å². The van der Waals surface area contributed by atoms with Crippen LogP contribution in [0.4, 0.5) is 0 Å². The molecule has 204 valence electrons. The smallest absolute Gasteiger partial charge is 0.290 e. The fourth-order valence-corrected chi connectivity index (χ4v) is 5.98. The van der Waals surface area contributed by atoms with E-state index in [0.717, 1.165) is 10.0 Å². The minimum Gasteiger partial charge on any atom is -0.459 e. The second-order valence-corrected chi connectivity index (χ2v) is 12.1. The molecule has 12 heteroatoms. The lowest BCUT2D eigenvalue weighted by atomic mass is 10.2. The number of sulfonamides is 1. The summed E-state index contributed by atoms with van der Waals surface area (Å²) in [4.78, 5) is 17.4. The molecule has 3 heterocycles. The zero-order valence-corrected chi connectivity index (χ0v) is 24.3. The summed E-state index contributed by atoms with van der Waals surface area (Å²) in [5.41, 5.74) is 4.83. The van der Waals surface area contributed by atoms with Crippen molar-refractivity contribution in [2.24, 2.45) is 5.10 Å². The summed E-state index contributed by atoms with van der Waals surface area (Å²) in [7, 11) is -3.84. The van der Waals surface area contributed by atoms with Crippen LogP contribution in [0.15, 0.2) is 104 Å². The van der Waals surface area contributed by atoms with Gasteiger partial charge in [-0.15, -0.1) is 0 Å². The van der Waals surface area contributed by atoms with Crippen molar-refractivity contribution < 1.29 is 17.6 Å². The highest BCUT2D eigenvalue weighted by Crippen LogP contribution is 2.23. The predicted molar refractivity (Wildman–Crippen MR) is 156 cm³/mol. The fraction of sp³-hybridized carbons (Fsp3) is 0.107. The van der Waals surface area contributed by atoms with E-state index in [1.807, 2.05) is 6.07 Å². The number of amides is 1. The molecule has 1 N–H and O–H groups in total. The second-order valence-electron chi connectivity index (χ2n) is 8.84. The molecule has 0 saturated carbocycles. The number of nitrogens with one attached hydrogen (secondary N) is 1. The lowest BCUT2D eigenvalue weighted by Crippen LogP contribution is -2.30. The zero-order chi connectivity index (χ0) is 28.3. The highest BCUT2D eigenvalue weighted by Gasteiger charge is 2.26. The molecule has 5 aromatic rings. The number of hydrazone groups is 1. The summed E-state index contributed by atoms with van der Waals surface area (Å²) in [5, 5.41) is 4.58. The van der Waals surface area contributed by atoms with E-state index in [9.17, 15) is 13.2 Å². The Morgan fingerprint density at radius 3 is 2.58 bits per heavy atom. The van der Waals surface area contributed by atoms with Gasteiger partial charge in [0.15, 0.2) is 0 Å². The molecule has 0 fully saturated rings. The second kappa shape index (κ2) is 11.8. The monoisotopic (exact) mass is 639 g/mol. The van der Waals surface area contributed by atoms with Crippen molar-refractivity contribution in [3.63, 3.8) is 0 Å². The third kappa shape index (κ3) is 6.18. The van der Waals surface area contributed by atoms with Crippen molar-refractivity contribution in [3.05, 3.63) is 123 Å². The number of fused-ring (bicyclic) bond motifs is 1. The first-order valence-electron chi connectivity index (χ1n) is 12.1. The van der Waals surface area contributed by atoms with Crippen molar-refractivity contribution in [1.82, 2.24) is 19.1 Å². The Labute approximate surface area is 244 Å². The predicted octanol–water partition coefficient (Wildman–Crippen LogP) is 5.81. The average molecular weight is 641 g/mol. The fourth-order valence-electron chi connectivity index (χ4n) is 4.10. The number of aromatic nitrogens is 2. The standard InChI is InChI=1S/C28H23BrClN5O4S/c1-19-27(35-17-21(29)9-14-26(35)32-19)28(36)33-31-15-23-12-13-24(39-23)18-34(16-20-7-10-22(30)11-8-20)40(37,38)25-5-3-2-4-6-25/h2-15,17H,16,18H2,1H3,(H,33,36)/b31-15+. The van der Waals surface area contributed by atoms with Crippen molar-refractivity contribution in [2.45, 2.75) is 24.9 Å². The molecule has 0 aliphatic heterocycles. The lowest BCUT2D eigenvalue weighted by Gasteiger charge is -2.21. The highest BCUT2D eigenvalue weighted by molar-refractivity contribution is 9.10. The Kier molecular flexibility index (Phi) is 8.17. The number of hydrogen-bond donors (Lipinski definition) is 1. The van der Waals surface area contributed by atoms with Gasteiger partial charge in [0.05, 0.1) is 23.3 Å². The van der Waals surface area contributed by atoms with Crippen LogP contribution in [0.3, 0.4) is 0 Å². The number of aryl methyl sites for hydroxylation is 1. The first kappa shape index (κ1) is 27.8. The molecule has 3 aromatic heterocycles. The first-order valence-corrected chi connectivity index (χ1v) is 14.7. The molecule has 0 spiro atoms. The maximum absolute atomic E-state index is 13.5. The van der Waals surface area contributed by atoms with E-state index in [0.29, 0.717) is 33.6 Å². The number of benzene rings is 2. The SMILES string of the molecule is Cc1nc2ccc(Br)cn2c1C(=O)N/N=C/c1ccc(CN(Cc2ccc(Cl)cc2)S(=O)(=O)c2ccccc2)o1. The maximum Gasteiger partial charge on any atom is 0.290 e. The van der Waals surface area contributed by atoms with Crippen molar-refractivity contribution in [1.29, 1.82) is 0 Å². The van der Waals surface area contributed by atoms with Crippen LogP contribution < -0.4 is 5.43 Å². The van der Waals surface area contributed by atoms with Crippen molar-refractivity contribution >= 4 is 55.3 Å². The number of rotatable bonds is 9. The van der Waals surface area contributed by atoms with Crippen LogP contribution >= 0.6 is 27.5 Å². The van der Waals surface area contributed by atoms with E-state index in [2.05, 4.69) is 31.4 Å². The van der Waals surface area contributed by atoms with E-state index in [-0.39, 0.29) is 18.0 Å². The van der Waals surface area contributed by atoms with Gasteiger partial charge in [-0.3, -0.25) is 9.20 Å². The van der Waals surface area contributed by atoms with E-state index >= 15 is 0 Å². The molecule has 0 aliphatic carbocycles. The number of nitrogens with zero attached hydrogens (tertiary/aromatic N) is 4. The van der Waals surface area contributed by atoms with Gasteiger partial charge in [-0.05, 0) is 76.9 Å². The molecule has 40 heavy (non-hydrogen) atoms. The molecule has 0 atom stereocenters. The summed E-state index contributed by atoms with van der Waals surface area (Å²) < 4.78 is 36.6. The summed E-state index contributed by atoms with van der Waals surface area (Å²) in [6, 6.07) is 22.2. The van der Waals surface area contributed by atoms with Gasteiger partial charge in [-0.25, -0.2) is 18.8 Å². The largest absolute Gasteiger partial charge is 0.459 e. The third-order valence-electron chi connectivity index (χ3n) is 6.00. The zero-order valence-electron chi connectivity index (χ0n) is 21.2. The van der Waals surface area contributed by atoms with Crippen LogP contribution in [0, 0.1) is 6.92 Å². The number of furan rings is 1. The van der Waals surface area contributed by atoms with Gasteiger partial charge in [0, 0.05) is 22.2 Å². The number of carbonyl (C=O) groups excluding carboxylic acids is 1. The maximum atomic E-state index is 13.5. The normalized spacial score (nSPS) is 12.0. The number of carbonyl (C=O) groups is 1. The van der Waals surface area contributed by atoms with E-state index in [1.54, 1.807) is 90.3 Å². The summed E-state index contributed by atoms with van der Waals surface area (Å²) in [5.74, 6) is 0.314. The molecule has 9 nitrogen and oxygen atoms in total. The molecule has 0 bridgehead atoms. The van der Waals surface area contributed by atoms with Gasteiger partial charge in [0.2, 0.25) is 10.0 Å². The minimum atomic E-state index is -3.84. The molecular formula is C28H23BrClN5O4S. The summed E-state index contributed by atoms with van der Waals surface area (Å²) in [6.07, 6.45) is 3.11. The summed E-state index contributed by atoms with van der Waals surface area (Å²) in [6.45, 7) is 1.84. The van der Waals surface area contributed by atoms with Crippen LogP contribution in [-0.4, -0.2) is 34.2 Å². The van der Waals surface area contributed by atoms with Crippen LogP contribution in [-0.2, 0) is 23.1 Å². The van der Waals surface area contributed by atoms with Crippen LogP contribution in [0.1, 0.15) is 33.3 Å². The van der Waals surface area contributed by atoms with E-state index in [1.165, 1.54) is 10.5 Å². The van der Waals surface area contributed by atoms with Gasteiger partial charge in [-0.2, -0.15) is 9.41 Å². The molecule has 0 radical (unpaired) electrons. The third-order valence-corrected chi connectivity index (χ3v) is 8.52. The average Bonchev–Trinajstić information content (AvgIpc) is 3.52. The quantitative estimate of drug-likeness (QED) is 0.162. The van der Waals surface area contributed by atoms with Gasteiger partial charge in [-0.1, -0.05) is 41.9 Å². The van der Waals surface area contributed by atoms with Crippen LogP contribution in [0.2, 0.25) is 5.02 Å². The Hall–Kier alpha value is -3.77. The molecule has 1 amide bonds. The number of pyridine rings is 1. The van der Waals surface area contributed by atoms with E-state index < -0.39 is 15.9 Å². The Morgan fingerprint density at radius 2 is 1.82 bits per heavy atom. The van der Waals surface area contributed by atoms with E-state index in [4.69, 9.17) is 16.0 Å². The molecular weight excluding hydrogens is 618 g/mol. The Bertz CT molecular complexity index is 1800. The van der Waals surface area contributed by atoms with Gasteiger partial charge in [0.1, 0.15) is 22.9 Å². The lowest BCUT2D eigenvalue weighted by molar-refractivity contribution is 0.0948. The molecule has 0 unspecified atom stereocenters. The summed E-state index contributed by atoms with van der Waals surface area (Å²) >= 11 is 9.41. The van der Waals surface area contributed by atoms with Crippen LogP contribution in [0.5, 0.6) is 0 Å². The molecule has 0 aliphatic rings. The van der Waals surface area contributed by atoms with Gasteiger partial charge in [0.25, 0.3) is 5.91 Å². The number of imidazole rings is 1. The number of halogens is 2. The Morgan fingerprint density at radius 1 is 1.07 bits per heavy atom. The highest BCUT2D eigenvalue weighted by atomic mass is 79.9. The topological polar surface area (TPSA) is 109 Å². The first-order chi connectivity index (χ1) is 19.2.